The zero-order valence-electron chi connectivity index (χ0n) is 14.7. The largest absolute Gasteiger partial charge is 0.436 e. The highest BCUT2D eigenvalue weighted by Gasteiger charge is 2.39. The monoisotopic (exact) mass is 441 g/mol. The maximum Gasteiger partial charge on any atom is 0.436 e. The van der Waals surface area contributed by atoms with Crippen LogP contribution in [0, 0.1) is 0 Å². The molecule has 0 saturated carbocycles. The molecule has 5 nitrogen and oxygen atoms in total. The number of ketones is 1. The first-order valence-electron chi connectivity index (χ1n) is 8.10. The Hall–Kier alpha value is -2.84. The Morgan fingerprint density at radius 1 is 1.07 bits per heavy atom. The Morgan fingerprint density at radius 2 is 1.72 bits per heavy atom. The van der Waals surface area contributed by atoms with E-state index in [-0.39, 0.29) is 16.3 Å². The molecule has 1 amide bonds. The molecule has 3 rings (SSSR count). The zero-order valence-corrected chi connectivity index (χ0v) is 16.2. The van der Waals surface area contributed by atoms with Gasteiger partial charge in [-0.3, -0.25) is 14.3 Å². The number of halogens is 5. The smallest absolute Gasteiger partial charge is 0.320 e. The lowest BCUT2D eigenvalue weighted by atomic mass is 10.0. The van der Waals surface area contributed by atoms with E-state index in [2.05, 4.69) is 10.4 Å². The number of hydrogen-bond donors (Lipinski definition) is 1. The van der Waals surface area contributed by atoms with Crippen molar-refractivity contribution in [2.45, 2.75) is 6.18 Å². The quantitative estimate of drug-likeness (QED) is 0.563. The number of rotatable bonds is 4. The molecule has 29 heavy (non-hydrogen) atoms. The van der Waals surface area contributed by atoms with Crippen LogP contribution in [0.1, 0.15) is 32.1 Å². The van der Waals surface area contributed by atoms with E-state index in [1.807, 2.05) is 0 Å². The molecule has 0 unspecified atom stereocenters. The van der Waals surface area contributed by atoms with Gasteiger partial charge in [-0.2, -0.15) is 18.3 Å². The van der Waals surface area contributed by atoms with Crippen LogP contribution in [0.25, 0.3) is 0 Å². The molecule has 0 aliphatic heterocycles. The second kappa shape index (κ2) is 7.88. The summed E-state index contributed by atoms with van der Waals surface area (Å²) in [6.07, 6.45) is -4.82. The Labute approximate surface area is 173 Å². The topological polar surface area (TPSA) is 64.0 Å². The van der Waals surface area contributed by atoms with Crippen LogP contribution in [0.5, 0.6) is 0 Å². The number of carbonyl (C=O) groups is 2. The molecule has 0 radical (unpaired) electrons. The molecule has 150 valence electrons. The van der Waals surface area contributed by atoms with E-state index in [9.17, 15) is 22.8 Å². The van der Waals surface area contributed by atoms with Crippen molar-refractivity contribution in [1.82, 2.24) is 9.78 Å². The van der Waals surface area contributed by atoms with Crippen molar-refractivity contribution >= 4 is 40.6 Å². The Balaban J connectivity index is 1.99. The number of nitrogens with zero attached hydrogens (tertiary/aromatic N) is 2. The van der Waals surface area contributed by atoms with Gasteiger partial charge in [0.05, 0.1) is 5.69 Å². The molecular weight excluding hydrogens is 430 g/mol. The lowest BCUT2D eigenvalue weighted by Gasteiger charge is -2.11. The van der Waals surface area contributed by atoms with Crippen LogP contribution in [0.4, 0.5) is 18.9 Å². The Morgan fingerprint density at radius 3 is 2.31 bits per heavy atom. The molecule has 1 aromatic heterocycles. The molecular formula is C19H12Cl2F3N3O2. The summed E-state index contributed by atoms with van der Waals surface area (Å²) in [6.45, 7) is 0. The number of carbonyl (C=O) groups excluding carboxylic acids is 2. The average Bonchev–Trinajstić information content (AvgIpc) is 2.98. The lowest BCUT2D eigenvalue weighted by Crippen LogP contribution is -2.18. The van der Waals surface area contributed by atoms with Gasteiger partial charge in [-0.15, -0.1) is 0 Å². The summed E-state index contributed by atoms with van der Waals surface area (Å²) in [5, 5.41) is 5.11. The van der Waals surface area contributed by atoms with Crippen LogP contribution in [0.2, 0.25) is 10.0 Å². The molecule has 2 aromatic carbocycles. The molecule has 0 aliphatic carbocycles. The number of amides is 1. The standard InChI is InChI=1S/C19H12Cl2F3N3O2/c1-27-15(14(21)17(26-27)19(22,23)24)18(29)25-13-8-7-11(20)9-12(13)16(28)10-5-3-2-4-6-10/h2-9H,1H3,(H,25,29). The van der Waals surface area contributed by atoms with Crippen LogP contribution in [0.3, 0.4) is 0 Å². The maximum atomic E-state index is 13.0. The fraction of sp³-hybridized carbons (Fsp3) is 0.105. The van der Waals surface area contributed by atoms with Gasteiger partial charge in [0.25, 0.3) is 5.91 Å². The molecule has 0 saturated heterocycles. The number of nitrogens with one attached hydrogen (secondary N) is 1. The lowest BCUT2D eigenvalue weighted by molar-refractivity contribution is -0.141. The Bertz CT molecular complexity index is 1100. The molecule has 0 spiro atoms. The predicted octanol–water partition coefficient (Wildman–Crippen LogP) is 5.23. The van der Waals surface area contributed by atoms with Crippen LogP contribution in [-0.4, -0.2) is 21.5 Å². The summed E-state index contributed by atoms with van der Waals surface area (Å²) < 4.78 is 39.7. The number of anilines is 1. The van der Waals surface area contributed by atoms with Crippen molar-refractivity contribution in [3.05, 3.63) is 81.1 Å². The number of hydrogen-bond acceptors (Lipinski definition) is 3. The third-order valence-electron chi connectivity index (χ3n) is 3.98. The van der Waals surface area contributed by atoms with E-state index >= 15 is 0 Å². The summed E-state index contributed by atoms with van der Waals surface area (Å²) in [6, 6.07) is 12.4. The Kier molecular flexibility index (Phi) is 5.68. The molecule has 0 atom stereocenters. The molecule has 0 bridgehead atoms. The van der Waals surface area contributed by atoms with Crippen LogP contribution in [0.15, 0.2) is 48.5 Å². The van der Waals surface area contributed by atoms with Crippen molar-refractivity contribution < 1.29 is 22.8 Å². The first-order valence-corrected chi connectivity index (χ1v) is 8.85. The number of aryl methyl sites for hydroxylation is 1. The molecule has 3 aromatic rings. The molecule has 0 aliphatic rings. The summed E-state index contributed by atoms with van der Waals surface area (Å²) >= 11 is 11.7. The van der Waals surface area contributed by atoms with Gasteiger partial charge in [-0.25, -0.2) is 0 Å². The van der Waals surface area contributed by atoms with Gasteiger partial charge < -0.3 is 5.32 Å². The summed E-state index contributed by atoms with van der Waals surface area (Å²) in [4.78, 5) is 25.4. The zero-order chi connectivity index (χ0) is 21.3. The van der Waals surface area contributed by atoms with Gasteiger partial charge in [0, 0.05) is 23.2 Å². The van der Waals surface area contributed by atoms with Crippen LogP contribution in [-0.2, 0) is 13.2 Å². The van der Waals surface area contributed by atoms with Crippen molar-refractivity contribution in [2.75, 3.05) is 5.32 Å². The average molecular weight is 442 g/mol. The highest BCUT2D eigenvalue weighted by Crippen LogP contribution is 2.35. The first-order chi connectivity index (χ1) is 13.6. The number of aromatic nitrogens is 2. The molecule has 1 heterocycles. The minimum atomic E-state index is -4.82. The minimum absolute atomic E-state index is 0.0686. The van der Waals surface area contributed by atoms with E-state index in [1.54, 1.807) is 30.3 Å². The van der Waals surface area contributed by atoms with Gasteiger partial charge in [-0.05, 0) is 18.2 Å². The molecule has 1 N–H and O–H groups in total. The third-order valence-corrected chi connectivity index (χ3v) is 4.58. The number of alkyl halides is 3. The molecule has 0 fully saturated rings. The van der Waals surface area contributed by atoms with Gasteiger partial charge in [0.2, 0.25) is 0 Å². The van der Waals surface area contributed by atoms with Gasteiger partial charge in [-0.1, -0.05) is 53.5 Å². The van der Waals surface area contributed by atoms with Crippen molar-refractivity contribution in [1.29, 1.82) is 0 Å². The second-order valence-corrected chi connectivity index (χ2v) is 6.79. The van der Waals surface area contributed by atoms with E-state index < -0.39 is 34.3 Å². The van der Waals surface area contributed by atoms with Gasteiger partial charge in [0.15, 0.2) is 11.5 Å². The van der Waals surface area contributed by atoms with Crippen molar-refractivity contribution in [3.63, 3.8) is 0 Å². The second-order valence-electron chi connectivity index (χ2n) is 5.97. The van der Waals surface area contributed by atoms with Crippen molar-refractivity contribution in [2.24, 2.45) is 7.05 Å². The van der Waals surface area contributed by atoms with Gasteiger partial charge in [0.1, 0.15) is 10.7 Å². The SMILES string of the molecule is Cn1nc(C(F)(F)F)c(Cl)c1C(=O)Nc1ccc(Cl)cc1C(=O)c1ccccc1. The van der Waals surface area contributed by atoms with Gasteiger partial charge >= 0.3 is 6.18 Å². The van der Waals surface area contributed by atoms with E-state index in [4.69, 9.17) is 23.2 Å². The van der Waals surface area contributed by atoms with E-state index in [1.165, 1.54) is 18.2 Å². The highest BCUT2D eigenvalue weighted by molar-refractivity contribution is 6.35. The summed E-state index contributed by atoms with van der Waals surface area (Å²) in [7, 11) is 1.16. The summed E-state index contributed by atoms with van der Waals surface area (Å²) in [5.74, 6) is -1.37. The van der Waals surface area contributed by atoms with Crippen LogP contribution < -0.4 is 5.32 Å². The van der Waals surface area contributed by atoms with E-state index in [0.29, 0.717) is 5.56 Å². The normalized spacial score (nSPS) is 11.4. The fourth-order valence-corrected chi connectivity index (χ4v) is 3.19. The highest BCUT2D eigenvalue weighted by atomic mass is 35.5. The number of benzene rings is 2. The fourth-order valence-electron chi connectivity index (χ4n) is 2.67. The summed E-state index contributed by atoms with van der Waals surface area (Å²) in [5.41, 5.74) is -1.37. The maximum absolute atomic E-state index is 13.0. The molecule has 10 heteroatoms. The predicted molar refractivity (Wildman–Crippen MR) is 102 cm³/mol. The minimum Gasteiger partial charge on any atom is -0.320 e. The van der Waals surface area contributed by atoms with Crippen LogP contribution >= 0.6 is 23.2 Å². The van der Waals surface area contributed by atoms with Crippen molar-refractivity contribution in [3.8, 4) is 0 Å². The third kappa shape index (κ3) is 4.28. The van der Waals surface area contributed by atoms with E-state index in [0.717, 1.165) is 11.7 Å². The first kappa shape index (κ1) is 20.9.